The van der Waals surface area contributed by atoms with Gasteiger partial charge in [0.05, 0.1) is 20.1 Å². The van der Waals surface area contributed by atoms with Crippen LogP contribution < -0.4 is 19.7 Å². The fourth-order valence-electron chi connectivity index (χ4n) is 8.27. The normalized spacial score (nSPS) is 19.9. The zero-order chi connectivity index (χ0) is 38.8. The first-order valence-electron chi connectivity index (χ1n) is 20.4. The van der Waals surface area contributed by atoms with E-state index < -0.39 is 12.2 Å². The molecule has 3 aromatic rings. The van der Waals surface area contributed by atoms with Crippen molar-refractivity contribution in [3.05, 3.63) is 88.4 Å². The first-order valence-corrected chi connectivity index (χ1v) is 20.8. The van der Waals surface area contributed by atoms with Crippen molar-refractivity contribution < 1.29 is 23.8 Å². The number of para-hydroxylation sites is 1. The summed E-state index contributed by atoms with van der Waals surface area (Å²) >= 11 is 6.67. The van der Waals surface area contributed by atoms with Crippen LogP contribution in [0.1, 0.15) is 94.9 Å². The number of methoxy groups -OCH3 is 1. The Morgan fingerprint density at radius 2 is 1.65 bits per heavy atom. The first kappa shape index (κ1) is 41.0. The Hall–Kier alpha value is -3.63. The molecule has 55 heavy (non-hydrogen) atoms. The predicted octanol–water partition coefficient (Wildman–Crippen LogP) is 8.07. The third kappa shape index (κ3) is 11.0. The Bertz CT molecular complexity index is 1700. The number of anilines is 1. The zero-order valence-electron chi connectivity index (χ0n) is 33.4. The van der Waals surface area contributed by atoms with Crippen LogP contribution in [-0.2, 0) is 20.7 Å². The van der Waals surface area contributed by atoms with Crippen molar-refractivity contribution in [1.29, 1.82) is 0 Å². The first-order chi connectivity index (χ1) is 26.6. The van der Waals surface area contributed by atoms with E-state index in [1.807, 2.05) is 47.4 Å². The van der Waals surface area contributed by atoms with Gasteiger partial charge in [0.2, 0.25) is 5.91 Å². The number of rotatable bonds is 15. The Kier molecular flexibility index (Phi) is 14.5. The molecule has 0 bridgehead atoms. The summed E-state index contributed by atoms with van der Waals surface area (Å²) < 4.78 is 19.2. The molecule has 0 saturated carbocycles. The SMILES string of the molecule is COc1c(OCCCNCCCc2ccccc2)cccc1[C@H]1O[C@H](CC(=O)N2CCC(N3CCCCC3)CC2)C(=O)N(CC(C)(C)C)c2ccc(Cl)cc21. The summed E-state index contributed by atoms with van der Waals surface area (Å²) in [4.78, 5) is 35.0. The summed E-state index contributed by atoms with van der Waals surface area (Å²) in [5.74, 6) is 0.866. The topological polar surface area (TPSA) is 83.6 Å². The molecule has 0 aromatic heterocycles. The zero-order valence-corrected chi connectivity index (χ0v) is 34.1. The summed E-state index contributed by atoms with van der Waals surface area (Å²) in [6, 6.07) is 22.4. The Morgan fingerprint density at radius 1 is 0.909 bits per heavy atom. The number of carbonyl (C=O) groups is 2. The molecule has 6 rings (SSSR count). The number of halogens is 1. The highest BCUT2D eigenvalue weighted by atomic mass is 35.5. The molecule has 9 nitrogen and oxygen atoms in total. The number of nitrogens with one attached hydrogen (secondary N) is 1. The van der Waals surface area contributed by atoms with Crippen LogP contribution in [-0.4, -0.2) is 93.3 Å². The maximum absolute atomic E-state index is 14.6. The number of hydrogen-bond acceptors (Lipinski definition) is 7. The highest BCUT2D eigenvalue weighted by molar-refractivity contribution is 6.30. The highest BCUT2D eigenvalue weighted by Gasteiger charge is 2.41. The Morgan fingerprint density at radius 3 is 2.38 bits per heavy atom. The Labute approximate surface area is 333 Å². The largest absolute Gasteiger partial charge is 0.492 e. The van der Waals surface area contributed by atoms with E-state index in [0.29, 0.717) is 54.4 Å². The monoisotopic (exact) mass is 772 g/mol. The average molecular weight is 773 g/mol. The second kappa shape index (κ2) is 19.5. The van der Waals surface area contributed by atoms with Gasteiger partial charge in [-0.15, -0.1) is 0 Å². The van der Waals surface area contributed by atoms with Gasteiger partial charge in [-0.25, -0.2) is 0 Å². The predicted molar refractivity (Wildman–Crippen MR) is 220 cm³/mol. The number of ether oxygens (including phenoxy) is 3. The summed E-state index contributed by atoms with van der Waals surface area (Å²) in [5.41, 5.74) is 3.32. The highest BCUT2D eigenvalue weighted by Crippen LogP contribution is 2.46. The molecular formula is C45H61ClN4O5. The van der Waals surface area contributed by atoms with Gasteiger partial charge in [0.25, 0.3) is 5.91 Å². The second-order valence-corrected chi connectivity index (χ2v) is 17.0. The van der Waals surface area contributed by atoms with E-state index in [1.165, 1.54) is 24.8 Å². The smallest absolute Gasteiger partial charge is 0.256 e. The van der Waals surface area contributed by atoms with Crippen LogP contribution in [0.5, 0.6) is 11.5 Å². The van der Waals surface area contributed by atoms with Crippen molar-refractivity contribution >= 4 is 29.1 Å². The molecule has 3 heterocycles. The van der Waals surface area contributed by atoms with Crippen LogP contribution in [0, 0.1) is 5.41 Å². The van der Waals surface area contributed by atoms with E-state index in [9.17, 15) is 9.59 Å². The molecule has 298 valence electrons. The number of hydrogen-bond donors (Lipinski definition) is 1. The number of aryl methyl sites for hydroxylation is 1. The molecule has 3 aliphatic rings. The van der Waals surface area contributed by atoms with Gasteiger partial charge in [0.15, 0.2) is 11.5 Å². The molecule has 2 atom stereocenters. The molecule has 2 saturated heterocycles. The summed E-state index contributed by atoms with van der Waals surface area (Å²) in [7, 11) is 1.63. The van der Waals surface area contributed by atoms with Gasteiger partial charge in [-0.1, -0.05) is 81.3 Å². The van der Waals surface area contributed by atoms with Crippen LogP contribution in [0.3, 0.4) is 0 Å². The molecule has 3 aromatic carbocycles. The van der Waals surface area contributed by atoms with Crippen molar-refractivity contribution in [1.82, 2.24) is 15.1 Å². The fourth-order valence-corrected chi connectivity index (χ4v) is 8.45. The molecule has 3 aliphatic heterocycles. The van der Waals surface area contributed by atoms with Crippen molar-refractivity contribution in [2.75, 3.05) is 64.4 Å². The average Bonchev–Trinajstić information content (AvgIpc) is 3.29. The molecule has 2 amide bonds. The molecular weight excluding hydrogens is 712 g/mol. The van der Waals surface area contributed by atoms with Gasteiger partial charge in [-0.05, 0) is 106 Å². The van der Waals surface area contributed by atoms with E-state index in [-0.39, 0.29) is 23.7 Å². The quantitative estimate of drug-likeness (QED) is 0.157. The van der Waals surface area contributed by atoms with Crippen LogP contribution in [0.4, 0.5) is 5.69 Å². The molecule has 1 N–H and O–H groups in total. The minimum atomic E-state index is -1.01. The van der Waals surface area contributed by atoms with E-state index in [0.717, 1.165) is 69.5 Å². The van der Waals surface area contributed by atoms with E-state index >= 15 is 0 Å². The van der Waals surface area contributed by atoms with E-state index in [4.69, 9.17) is 25.8 Å². The van der Waals surface area contributed by atoms with Gasteiger partial charge >= 0.3 is 0 Å². The fraction of sp³-hybridized carbons (Fsp3) is 0.556. The second-order valence-electron chi connectivity index (χ2n) is 16.5. The van der Waals surface area contributed by atoms with Gasteiger partial charge in [-0.3, -0.25) is 9.59 Å². The minimum absolute atomic E-state index is 0.0388. The molecule has 10 heteroatoms. The number of fused-ring (bicyclic) bond motifs is 1. The minimum Gasteiger partial charge on any atom is -0.492 e. The van der Waals surface area contributed by atoms with Gasteiger partial charge in [-0.2, -0.15) is 0 Å². The van der Waals surface area contributed by atoms with Gasteiger partial charge < -0.3 is 34.2 Å². The summed E-state index contributed by atoms with van der Waals surface area (Å²) in [6.07, 6.45) is 6.92. The lowest BCUT2D eigenvalue weighted by Gasteiger charge is -2.40. The number of benzene rings is 3. The lowest BCUT2D eigenvalue weighted by molar-refractivity contribution is -0.144. The van der Waals surface area contributed by atoms with Crippen molar-refractivity contribution in [2.45, 2.75) is 96.8 Å². The summed E-state index contributed by atoms with van der Waals surface area (Å²) in [6.45, 7) is 12.8. The van der Waals surface area contributed by atoms with Crippen molar-refractivity contribution in [2.24, 2.45) is 5.41 Å². The van der Waals surface area contributed by atoms with Crippen LogP contribution in [0.25, 0.3) is 0 Å². The van der Waals surface area contributed by atoms with Crippen molar-refractivity contribution in [3.8, 4) is 11.5 Å². The molecule has 0 radical (unpaired) electrons. The summed E-state index contributed by atoms with van der Waals surface area (Å²) in [5, 5.41) is 4.06. The van der Waals surface area contributed by atoms with E-state index in [1.54, 1.807) is 12.0 Å². The molecule has 0 unspecified atom stereocenters. The van der Waals surface area contributed by atoms with Crippen LogP contribution in [0.2, 0.25) is 5.02 Å². The number of nitrogens with zero attached hydrogens (tertiary/aromatic N) is 3. The molecule has 0 aliphatic carbocycles. The lowest BCUT2D eigenvalue weighted by atomic mass is 9.94. The maximum atomic E-state index is 14.6. The van der Waals surface area contributed by atoms with Crippen LogP contribution >= 0.6 is 11.6 Å². The lowest BCUT2D eigenvalue weighted by Crippen LogP contribution is -2.50. The number of amides is 2. The van der Waals surface area contributed by atoms with Gasteiger partial charge in [0, 0.05) is 47.5 Å². The number of carbonyl (C=O) groups excluding carboxylic acids is 2. The van der Waals surface area contributed by atoms with E-state index in [2.05, 4.69) is 55.3 Å². The standard InChI is InChI=1S/C45H61ClN4O5/c1-45(2,3)32-50-38-20-19-34(46)30-37(38)42(55-40(44(50)52)31-41(51)49-27-21-35(22-28-49)48-25-9-6-10-26-48)36-17-11-18-39(43(36)53-4)54-29-13-24-47-23-12-16-33-14-7-5-8-15-33/h5,7-8,11,14-15,17-20,30,35,40,42,47H,6,9-10,12-13,16,21-29,31-32H2,1-4H3/t40-,42-/m1/s1. The molecule has 2 fully saturated rings. The van der Waals surface area contributed by atoms with Crippen LogP contribution in [0.15, 0.2) is 66.7 Å². The number of piperidine rings is 2. The third-order valence-corrected chi connectivity index (χ3v) is 11.3. The van der Waals surface area contributed by atoms with Crippen molar-refractivity contribution in [3.63, 3.8) is 0 Å². The Balaban J connectivity index is 1.18. The maximum Gasteiger partial charge on any atom is 0.256 e. The number of likely N-dealkylation sites (tertiary alicyclic amines) is 2. The molecule has 0 spiro atoms. The van der Waals surface area contributed by atoms with Gasteiger partial charge in [0.1, 0.15) is 12.2 Å². The third-order valence-electron chi connectivity index (χ3n) is 11.0.